The van der Waals surface area contributed by atoms with Gasteiger partial charge in [-0.15, -0.1) is 0 Å². The largest absolute Gasteiger partial charge is 0.227 e. The van der Waals surface area contributed by atoms with E-state index in [0.29, 0.717) is 0 Å². The Hall–Kier alpha value is -0.560. The lowest BCUT2D eigenvalue weighted by Crippen LogP contribution is -2.35. The first-order valence-electron chi connectivity index (χ1n) is 3.52. The summed E-state index contributed by atoms with van der Waals surface area (Å²) in [6, 6.07) is 1.89. The third kappa shape index (κ3) is 1.25. The van der Waals surface area contributed by atoms with Gasteiger partial charge in [-0.25, -0.2) is 8.42 Å². The Labute approximate surface area is 66.9 Å². The van der Waals surface area contributed by atoms with Crippen molar-refractivity contribution < 1.29 is 8.42 Å². The van der Waals surface area contributed by atoms with Crippen LogP contribution in [0.4, 0.5) is 0 Å². The molecule has 1 fully saturated rings. The van der Waals surface area contributed by atoms with Crippen molar-refractivity contribution in [1.82, 2.24) is 0 Å². The first-order chi connectivity index (χ1) is 4.92. The minimum Gasteiger partial charge on any atom is -0.227 e. The van der Waals surface area contributed by atoms with Crippen LogP contribution in [0.3, 0.4) is 0 Å². The number of hydrogen-bond acceptors (Lipinski definition) is 3. The average Bonchev–Trinajstić information content (AvgIpc) is 2.64. The van der Waals surface area contributed by atoms with E-state index >= 15 is 0 Å². The molecule has 1 aliphatic carbocycles. The van der Waals surface area contributed by atoms with Crippen LogP contribution in [0.2, 0.25) is 0 Å². The Morgan fingerprint density at radius 2 is 2.00 bits per heavy atom. The molecule has 1 saturated carbocycles. The molecule has 11 heavy (non-hydrogen) atoms. The molecule has 1 atom stereocenters. The van der Waals surface area contributed by atoms with E-state index in [9.17, 15) is 8.42 Å². The number of sulfone groups is 1. The second-order valence-corrected chi connectivity index (χ2v) is 5.66. The van der Waals surface area contributed by atoms with Gasteiger partial charge in [0.1, 0.15) is 0 Å². The van der Waals surface area contributed by atoms with E-state index in [-0.39, 0.29) is 5.92 Å². The number of nitriles is 1. The van der Waals surface area contributed by atoms with Crippen LogP contribution >= 0.6 is 0 Å². The summed E-state index contributed by atoms with van der Waals surface area (Å²) >= 11 is 0. The molecule has 0 radical (unpaired) electrons. The second kappa shape index (κ2) is 2.21. The summed E-state index contributed by atoms with van der Waals surface area (Å²) in [5.74, 6) is 0.0718. The van der Waals surface area contributed by atoms with E-state index in [1.807, 2.05) is 6.07 Å². The Bertz CT molecular complexity index is 297. The summed E-state index contributed by atoms with van der Waals surface area (Å²) in [5.41, 5.74) is 0. The van der Waals surface area contributed by atoms with Gasteiger partial charge in [0.25, 0.3) is 0 Å². The van der Waals surface area contributed by atoms with Crippen LogP contribution in [0.15, 0.2) is 0 Å². The fourth-order valence-corrected chi connectivity index (χ4v) is 2.12. The van der Waals surface area contributed by atoms with Crippen LogP contribution in [0, 0.1) is 17.2 Å². The summed E-state index contributed by atoms with van der Waals surface area (Å²) in [7, 11) is -3.21. The second-order valence-electron chi connectivity index (χ2n) is 3.27. The smallest absolute Gasteiger partial charge is 0.166 e. The number of hydrogen-bond donors (Lipinski definition) is 0. The Kier molecular flexibility index (Phi) is 1.72. The molecule has 0 spiro atoms. The first kappa shape index (κ1) is 8.54. The normalized spacial score (nSPS) is 23.7. The number of rotatable bonds is 2. The maximum absolute atomic E-state index is 11.1. The highest BCUT2D eigenvalue weighted by molar-refractivity contribution is 7.92. The lowest BCUT2D eigenvalue weighted by Gasteiger charge is -2.17. The van der Waals surface area contributed by atoms with Crippen LogP contribution in [0.25, 0.3) is 0 Å². The third-order valence-electron chi connectivity index (χ3n) is 2.35. The molecular formula is C7H11NO2S. The highest BCUT2D eigenvalue weighted by atomic mass is 32.2. The zero-order valence-electron chi connectivity index (χ0n) is 6.66. The van der Waals surface area contributed by atoms with Gasteiger partial charge in [0, 0.05) is 6.26 Å². The summed E-state index contributed by atoms with van der Waals surface area (Å²) in [6.45, 7) is 1.51. The molecule has 0 heterocycles. The molecular weight excluding hydrogens is 162 g/mol. The topological polar surface area (TPSA) is 57.9 Å². The molecule has 0 N–H and O–H groups in total. The molecule has 62 valence electrons. The molecule has 0 bridgehead atoms. The van der Waals surface area contributed by atoms with Crippen molar-refractivity contribution in [3.63, 3.8) is 0 Å². The van der Waals surface area contributed by atoms with Crippen molar-refractivity contribution in [3.05, 3.63) is 0 Å². The zero-order chi connectivity index (χ0) is 8.70. The first-order valence-corrected chi connectivity index (χ1v) is 5.42. The Morgan fingerprint density at radius 1 is 1.55 bits per heavy atom. The van der Waals surface area contributed by atoms with Crippen LogP contribution in [-0.4, -0.2) is 19.4 Å². The third-order valence-corrected chi connectivity index (χ3v) is 4.31. The minimum atomic E-state index is -3.21. The number of nitrogens with zero attached hydrogens (tertiary/aromatic N) is 1. The van der Waals surface area contributed by atoms with Gasteiger partial charge in [-0.1, -0.05) is 0 Å². The van der Waals surface area contributed by atoms with Crippen molar-refractivity contribution in [1.29, 1.82) is 5.26 Å². The Balaban J connectivity index is 3.04. The summed E-state index contributed by atoms with van der Waals surface area (Å²) in [4.78, 5) is 0. The Morgan fingerprint density at radius 3 is 2.09 bits per heavy atom. The summed E-state index contributed by atoms with van der Waals surface area (Å²) < 4.78 is 21.2. The van der Waals surface area contributed by atoms with Crippen LogP contribution in [-0.2, 0) is 9.84 Å². The fraction of sp³-hybridized carbons (Fsp3) is 0.857. The van der Waals surface area contributed by atoms with Crippen molar-refractivity contribution >= 4 is 9.84 Å². The van der Waals surface area contributed by atoms with Gasteiger partial charge in [0.15, 0.2) is 14.6 Å². The van der Waals surface area contributed by atoms with E-state index in [1.165, 1.54) is 6.92 Å². The molecule has 4 heteroatoms. The predicted octanol–water partition coefficient (Wildman–Crippen LogP) is 0.723. The monoisotopic (exact) mass is 173 g/mol. The van der Waals surface area contributed by atoms with E-state index in [2.05, 4.69) is 0 Å². The van der Waals surface area contributed by atoms with E-state index in [4.69, 9.17) is 5.26 Å². The molecule has 0 aromatic carbocycles. The van der Waals surface area contributed by atoms with Crippen molar-refractivity contribution in [2.24, 2.45) is 5.92 Å². The van der Waals surface area contributed by atoms with Gasteiger partial charge in [-0.2, -0.15) is 5.26 Å². The highest BCUT2D eigenvalue weighted by Crippen LogP contribution is 2.43. The summed E-state index contributed by atoms with van der Waals surface area (Å²) in [5, 5.41) is 8.70. The van der Waals surface area contributed by atoms with Gasteiger partial charge >= 0.3 is 0 Å². The van der Waals surface area contributed by atoms with E-state index < -0.39 is 14.6 Å². The lowest BCUT2D eigenvalue weighted by atomic mass is 10.1. The summed E-state index contributed by atoms with van der Waals surface area (Å²) in [6.07, 6.45) is 2.88. The minimum absolute atomic E-state index is 0.0718. The molecule has 1 unspecified atom stereocenters. The maximum Gasteiger partial charge on any atom is 0.166 e. The van der Waals surface area contributed by atoms with Crippen LogP contribution in [0.1, 0.15) is 19.8 Å². The predicted molar refractivity (Wildman–Crippen MR) is 41.6 cm³/mol. The molecule has 1 aliphatic rings. The fourth-order valence-electron chi connectivity index (χ4n) is 1.11. The van der Waals surface area contributed by atoms with Gasteiger partial charge in [-0.05, 0) is 25.7 Å². The average molecular weight is 173 g/mol. The van der Waals surface area contributed by atoms with Crippen LogP contribution < -0.4 is 0 Å². The van der Waals surface area contributed by atoms with Crippen molar-refractivity contribution in [3.8, 4) is 6.07 Å². The molecule has 0 aromatic heterocycles. The van der Waals surface area contributed by atoms with Gasteiger partial charge in [0.2, 0.25) is 0 Å². The quantitative estimate of drug-likeness (QED) is 0.618. The van der Waals surface area contributed by atoms with Gasteiger partial charge < -0.3 is 0 Å². The standard InChI is InChI=1S/C7H11NO2S/c1-7(5-8,6-3-4-6)11(2,9)10/h6H,3-4H2,1-2H3. The molecule has 0 aromatic rings. The van der Waals surface area contributed by atoms with Crippen LogP contribution in [0.5, 0.6) is 0 Å². The molecule has 1 rings (SSSR count). The van der Waals surface area contributed by atoms with E-state index in [1.54, 1.807) is 0 Å². The molecule has 0 saturated heterocycles. The van der Waals surface area contributed by atoms with Crippen molar-refractivity contribution in [2.45, 2.75) is 24.5 Å². The lowest BCUT2D eigenvalue weighted by molar-refractivity contribution is 0.552. The highest BCUT2D eigenvalue weighted by Gasteiger charge is 2.49. The zero-order valence-corrected chi connectivity index (χ0v) is 7.48. The molecule has 0 aliphatic heterocycles. The van der Waals surface area contributed by atoms with Crippen molar-refractivity contribution in [2.75, 3.05) is 6.26 Å². The maximum atomic E-state index is 11.1. The van der Waals surface area contributed by atoms with Gasteiger partial charge in [0.05, 0.1) is 6.07 Å². The molecule has 0 amide bonds. The SMILES string of the molecule is CC(C#N)(C1CC1)S(C)(=O)=O. The van der Waals surface area contributed by atoms with E-state index in [0.717, 1.165) is 19.1 Å². The molecule has 3 nitrogen and oxygen atoms in total. The van der Waals surface area contributed by atoms with Gasteiger partial charge in [-0.3, -0.25) is 0 Å².